The first-order valence-corrected chi connectivity index (χ1v) is 4.94. The van der Waals surface area contributed by atoms with E-state index in [-0.39, 0.29) is 11.8 Å². The molecule has 0 saturated carbocycles. The van der Waals surface area contributed by atoms with Gasteiger partial charge in [0, 0.05) is 23.3 Å². The second kappa shape index (κ2) is 3.51. The molecule has 3 heteroatoms. The molecule has 1 aromatic heterocycles. The van der Waals surface area contributed by atoms with Gasteiger partial charge in [-0.05, 0) is 36.9 Å². The molecule has 1 aromatic carbocycles. The molecule has 0 aliphatic carbocycles. The Labute approximate surface area is 88.6 Å². The Kier molecular flexibility index (Phi) is 2.32. The lowest BCUT2D eigenvalue weighted by Crippen LogP contribution is -2.05. The molecule has 0 fully saturated rings. The Bertz CT molecular complexity index is 498. The molecule has 0 saturated heterocycles. The number of phenols is 1. The van der Waals surface area contributed by atoms with Crippen molar-refractivity contribution in [3.63, 3.8) is 0 Å². The predicted octanol–water partition coefficient (Wildman–Crippen LogP) is 2.27. The number of hydrogen-bond acceptors (Lipinski definition) is 3. The van der Waals surface area contributed by atoms with Crippen molar-refractivity contribution in [2.75, 3.05) is 0 Å². The quantitative estimate of drug-likeness (QED) is 0.745. The zero-order chi connectivity index (χ0) is 11.0. The molecule has 0 spiro atoms. The van der Waals surface area contributed by atoms with E-state index < -0.39 is 0 Å². The summed E-state index contributed by atoms with van der Waals surface area (Å²) in [5.41, 5.74) is 7.74. The van der Waals surface area contributed by atoms with Crippen LogP contribution in [0.5, 0.6) is 5.75 Å². The van der Waals surface area contributed by atoms with Gasteiger partial charge in [-0.3, -0.25) is 4.98 Å². The van der Waals surface area contributed by atoms with Gasteiger partial charge in [0.2, 0.25) is 0 Å². The summed E-state index contributed by atoms with van der Waals surface area (Å²) in [5, 5.41) is 11.6. The molecule has 0 amide bonds. The number of fused-ring (bicyclic) bond motifs is 1. The van der Waals surface area contributed by atoms with Gasteiger partial charge in [0.1, 0.15) is 5.75 Å². The van der Waals surface area contributed by atoms with E-state index in [2.05, 4.69) is 4.98 Å². The van der Waals surface area contributed by atoms with Crippen LogP contribution in [0.1, 0.15) is 24.2 Å². The SMILES string of the molecule is Cc1nccc2c(C(C)N)ccc(O)c12. The highest BCUT2D eigenvalue weighted by atomic mass is 16.3. The number of benzene rings is 1. The molecular formula is C12H14N2O. The Morgan fingerprint density at radius 3 is 2.73 bits per heavy atom. The maximum absolute atomic E-state index is 9.78. The minimum absolute atomic E-state index is 0.0464. The fourth-order valence-electron chi connectivity index (χ4n) is 1.87. The summed E-state index contributed by atoms with van der Waals surface area (Å²) in [6.07, 6.45) is 1.74. The Hall–Kier alpha value is -1.61. The van der Waals surface area contributed by atoms with Gasteiger partial charge in [0.25, 0.3) is 0 Å². The molecule has 0 aliphatic heterocycles. The topological polar surface area (TPSA) is 59.1 Å². The van der Waals surface area contributed by atoms with Crippen LogP contribution >= 0.6 is 0 Å². The highest BCUT2D eigenvalue weighted by molar-refractivity contribution is 5.92. The minimum Gasteiger partial charge on any atom is -0.507 e. The van der Waals surface area contributed by atoms with E-state index in [0.29, 0.717) is 0 Å². The lowest BCUT2D eigenvalue weighted by atomic mass is 9.99. The molecule has 15 heavy (non-hydrogen) atoms. The third-order valence-electron chi connectivity index (χ3n) is 2.62. The maximum Gasteiger partial charge on any atom is 0.125 e. The van der Waals surface area contributed by atoms with E-state index in [1.54, 1.807) is 12.3 Å². The zero-order valence-corrected chi connectivity index (χ0v) is 8.86. The van der Waals surface area contributed by atoms with Crippen LogP contribution in [0, 0.1) is 6.92 Å². The smallest absolute Gasteiger partial charge is 0.125 e. The molecule has 78 valence electrons. The zero-order valence-electron chi connectivity index (χ0n) is 8.86. The van der Waals surface area contributed by atoms with Crippen molar-refractivity contribution in [2.24, 2.45) is 5.73 Å². The molecule has 0 radical (unpaired) electrons. The summed E-state index contributed by atoms with van der Waals surface area (Å²) < 4.78 is 0. The molecule has 1 atom stereocenters. The number of hydrogen-bond donors (Lipinski definition) is 2. The minimum atomic E-state index is -0.0464. The van der Waals surface area contributed by atoms with Crippen LogP contribution in [0.25, 0.3) is 10.8 Å². The highest BCUT2D eigenvalue weighted by Gasteiger charge is 2.10. The van der Waals surface area contributed by atoms with Crippen molar-refractivity contribution in [2.45, 2.75) is 19.9 Å². The first kappa shape index (κ1) is 9.93. The van der Waals surface area contributed by atoms with Gasteiger partial charge in [-0.1, -0.05) is 6.07 Å². The van der Waals surface area contributed by atoms with Gasteiger partial charge in [0.05, 0.1) is 0 Å². The number of pyridine rings is 1. The fraction of sp³-hybridized carbons (Fsp3) is 0.250. The summed E-state index contributed by atoms with van der Waals surface area (Å²) in [4.78, 5) is 4.17. The molecule has 1 heterocycles. The number of phenolic OH excluding ortho intramolecular Hbond substituents is 1. The number of aromatic nitrogens is 1. The van der Waals surface area contributed by atoms with Gasteiger partial charge < -0.3 is 10.8 Å². The van der Waals surface area contributed by atoms with Gasteiger partial charge in [0.15, 0.2) is 0 Å². The van der Waals surface area contributed by atoms with E-state index in [1.165, 1.54) is 0 Å². The van der Waals surface area contributed by atoms with Crippen molar-refractivity contribution in [1.29, 1.82) is 0 Å². The van der Waals surface area contributed by atoms with Gasteiger partial charge in [-0.2, -0.15) is 0 Å². The number of nitrogens with two attached hydrogens (primary N) is 1. The third-order valence-corrected chi connectivity index (χ3v) is 2.62. The Balaban J connectivity index is 2.89. The van der Waals surface area contributed by atoms with Crippen LogP contribution < -0.4 is 5.73 Å². The Morgan fingerprint density at radius 1 is 1.33 bits per heavy atom. The second-order valence-electron chi connectivity index (χ2n) is 3.78. The lowest BCUT2D eigenvalue weighted by Gasteiger charge is -2.12. The standard InChI is InChI=1S/C12H14N2O/c1-7(13)9-3-4-11(15)12-8(2)14-6-5-10(9)12/h3-7,15H,13H2,1-2H3. The number of aromatic hydroxyl groups is 1. The highest BCUT2D eigenvalue weighted by Crippen LogP contribution is 2.31. The van der Waals surface area contributed by atoms with E-state index >= 15 is 0 Å². The van der Waals surface area contributed by atoms with Gasteiger partial charge in [-0.15, -0.1) is 0 Å². The average Bonchev–Trinajstić information content (AvgIpc) is 2.17. The summed E-state index contributed by atoms with van der Waals surface area (Å²) in [6, 6.07) is 5.38. The van der Waals surface area contributed by atoms with E-state index in [4.69, 9.17) is 5.73 Å². The Morgan fingerprint density at radius 2 is 2.07 bits per heavy atom. The molecule has 3 N–H and O–H groups in total. The fourth-order valence-corrected chi connectivity index (χ4v) is 1.87. The van der Waals surface area contributed by atoms with E-state index in [1.807, 2.05) is 26.0 Å². The van der Waals surface area contributed by atoms with Crippen molar-refractivity contribution in [3.05, 3.63) is 35.7 Å². The van der Waals surface area contributed by atoms with Gasteiger partial charge in [-0.25, -0.2) is 0 Å². The predicted molar refractivity (Wildman–Crippen MR) is 60.7 cm³/mol. The monoisotopic (exact) mass is 202 g/mol. The van der Waals surface area contributed by atoms with Crippen LogP contribution in [0.4, 0.5) is 0 Å². The van der Waals surface area contributed by atoms with Gasteiger partial charge >= 0.3 is 0 Å². The van der Waals surface area contributed by atoms with Crippen LogP contribution in [-0.2, 0) is 0 Å². The third kappa shape index (κ3) is 1.55. The number of rotatable bonds is 1. The average molecular weight is 202 g/mol. The first-order valence-electron chi connectivity index (χ1n) is 4.94. The molecule has 0 bridgehead atoms. The molecule has 0 aliphatic rings. The van der Waals surface area contributed by atoms with Crippen LogP contribution in [0.3, 0.4) is 0 Å². The van der Waals surface area contributed by atoms with Crippen LogP contribution in [0.2, 0.25) is 0 Å². The summed E-state index contributed by atoms with van der Waals surface area (Å²) in [5.74, 6) is 0.264. The van der Waals surface area contributed by atoms with Crippen molar-refractivity contribution >= 4 is 10.8 Å². The number of nitrogens with zero attached hydrogens (tertiary/aromatic N) is 1. The van der Waals surface area contributed by atoms with Crippen molar-refractivity contribution < 1.29 is 5.11 Å². The molecule has 1 unspecified atom stereocenters. The molecular weight excluding hydrogens is 188 g/mol. The lowest BCUT2D eigenvalue weighted by molar-refractivity contribution is 0.481. The van der Waals surface area contributed by atoms with E-state index in [0.717, 1.165) is 22.0 Å². The van der Waals surface area contributed by atoms with Crippen molar-refractivity contribution in [1.82, 2.24) is 4.98 Å². The second-order valence-corrected chi connectivity index (χ2v) is 3.78. The van der Waals surface area contributed by atoms with Crippen LogP contribution in [0.15, 0.2) is 24.4 Å². The largest absolute Gasteiger partial charge is 0.507 e. The number of aryl methyl sites for hydroxylation is 1. The van der Waals surface area contributed by atoms with E-state index in [9.17, 15) is 5.11 Å². The first-order chi connectivity index (χ1) is 7.11. The molecule has 3 nitrogen and oxygen atoms in total. The molecule has 2 aromatic rings. The maximum atomic E-state index is 9.78. The van der Waals surface area contributed by atoms with Crippen molar-refractivity contribution in [3.8, 4) is 5.75 Å². The molecule has 2 rings (SSSR count). The summed E-state index contributed by atoms with van der Waals surface area (Å²) in [7, 11) is 0. The summed E-state index contributed by atoms with van der Waals surface area (Å²) >= 11 is 0. The summed E-state index contributed by atoms with van der Waals surface area (Å²) in [6.45, 7) is 3.81. The normalized spacial score (nSPS) is 13.0. The van der Waals surface area contributed by atoms with Crippen LogP contribution in [-0.4, -0.2) is 10.1 Å².